The van der Waals surface area contributed by atoms with Gasteiger partial charge in [-0.3, -0.25) is 0 Å². The van der Waals surface area contributed by atoms with Gasteiger partial charge in [0.05, 0.1) is 0 Å². The molecule has 0 unspecified atom stereocenters. The summed E-state index contributed by atoms with van der Waals surface area (Å²) in [6.45, 7) is 14.9. The van der Waals surface area contributed by atoms with Gasteiger partial charge in [-0.2, -0.15) is 0 Å². The van der Waals surface area contributed by atoms with Gasteiger partial charge >= 0.3 is 0 Å². The van der Waals surface area contributed by atoms with E-state index in [0.29, 0.717) is 0 Å². The van der Waals surface area contributed by atoms with Gasteiger partial charge in [0.1, 0.15) is 0 Å². The standard InChI is InChI=1S/C14H35N5/c1-4-11-19(12-6-15)14-10-17-8-7-16-9-13-18(3)5-2/h16-17H,4-15H2,1-3H3. The third kappa shape index (κ3) is 12.6. The fourth-order valence-electron chi connectivity index (χ4n) is 1.93. The molecule has 0 aliphatic carbocycles. The normalized spacial score (nSPS) is 11.7. The minimum atomic E-state index is 0.756. The molecule has 0 fully saturated rings. The predicted octanol–water partition coefficient (Wildman–Crippen LogP) is -0.212. The number of hydrogen-bond acceptors (Lipinski definition) is 5. The summed E-state index contributed by atoms with van der Waals surface area (Å²) in [7, 11) is 2.15. The number of nitrogens with one attached hydrogen (secondary N) is 2. The first-order valence-electron chi connectivity index (χ1n) is 7.77. The minimum Gasteiger partial charge on any atom is -0.329 e. The van der Waals surface area contributed by atoms with Gasteiger partial charge in [-0.1, -0.05) is 13.8 Å². The topological polar surface area (TPSA) is 56.6 Å². The molecule has 0 heterocycles. The number of nitrogens with two attached hydrogens (primary N) is 1. The Morgan fingerprint density at radius 1 is 0.842 bits per heavy atom. The van der Waals surface area contributed by atoms with Gasteiger partial charge in [0.2, 0.25) is 0 Å². The second-order valence-corrected chi connectivity index (χ2v) is 5.03. The van der Waals surface area contributed by atoms with Crippen LogP contribution in [0.3, 0.4) is 0 Å². The molecule has 0 radical (unpaired) electrons. The zero-order valence-electron chi connectivity index (χ0n) is 13.2. The number of hydrogen-bond donors (Lipinski definition) is 3. The van der Waals surface area contributed by atoms with E-state index in [1.165, 1.54) is 6.42 Å². The van der Waals surface area contributed by atoms with Gasteiger partial charge in [0.25, 0.3) is 0 Å². The molecule has 0 saturated carbocycles. The van der Waals surface area contributed by atoms with E-state index in [2.05, 4.69) is 41.3 Å². The molecule has 4 N–H and O–H groups in total. The Morgan fingerprint density at radius 2 is 1.47 bits per heavy atom. The van der Waals surface area contributed by atoms with Crippen molar-refractivity contribution in [1.29, 1.82) is 0 Å². The maximum atomic E-state index is 5.60. The Morgan fingerprint density at radius 3 is 2.00 bits per heavy atom. The molecule has 0 saturated heterocycles. The first-order chi connectivity index (χ1) is 9.24. The molecule has 0 aliphatic heterocycles. The molecule has 0 amide bonds. The van der Waals surface area contributed by atoms with Crippen LogP contribution in [0.2, 0.25) is 0 Å². The summed E-state index contributed by atoms with van der Waals surface area (Å²) in [5.74, 6) is 0. The van der Waals surface area contributed by atoms with Crippen molar-refractivity contribution < 1.29 is 0 Å². The van der Waals surface area contributed by atoms with Gasteiger partial charge < -0.3 is 26.2 Å². The van der Waals surface area contributed by atoms with Gasteiger partial charge in [-0.05, 0) is 26.6 Å². The molecular formula is C14H35N5. The highest BCUT2D eigenvalue weighted by molar-refractivity contribution is 4.61. The highest BCUT2D eigenvalue weighted by Gasteiger charge is 2.01. The Hall–Kier alpha value is -0.200. The van der Waals surface area contributed by atoms with Crippen molar-refractivity contribution >= 4 is 0 Å². The zero-order valence-corrected chi connectivity index (χ0v) is 13.2. The molecule has 0 rings (SSSR count). The van der Waals surface area contributed by atoms with Crippen LogP contribution in [0.15, 0.2) is 0 Å². The summed E-state index contributed by atoms with van der Waals surface area (Å²) in [4.78, 5) is 4.74. The average Bonchev–Trinajstić information content (AvgIpc) is 2.41. The molecule has 0 spiro atoms. The molecule has 5 heteroatoms. The maximum Gasteiger partial charge on any atom is 0.0107 e. The Bertz CT molecular complexity index is 171. The molecule has 5 nitrogen and oxygen atoms in total. The Labute approximate surface area is 119 Å². The lowest BCUT2D eigenvalue weighted by Gasteiger charge is -2.21. The van der Waals surface area contributed by atoms with Crippen LogP contribution in [-0.4, -0.2) is 82.3 Å². The van der Waals surface area contributed by atoms with Crippen molar-refractivity contribution in [2.45, 2.75) is 20.3 Å². The lowest BCUT2D eigenvalue weighted by Crippen LogP contribution is -2.38. The Balaban J connectivity index is 3.29. The quantitative estimate of drug-likeness (QED) is 0.382. The monoisotopic (exact) mass is 273 g/mol. The summed E-state index contributed by atoms with van der Waals surface area (Å²) in [5, 5.41) is 6.93. The van der Waals surface area contributed by atoms with Crippen LogP contribution in [0.1, 0.15) is 20.3 Å². The van der Waals surface area contributed by atoms with E-state index < -0.39 is 0 Å². The van der Waals surface area contributed by atoms with Crippen molar-refractivity contribution in [1.82, 2.24) is 20.4 Å². The second kappa shape index (κ2) is 14.2. The van der Waals surface area contributed by atoms with Crippen molar-refractivity contribution in [2.75, 3.05) is 72.5 Å². The molecule has 0 bridgehead atoms. The highest BCUT2D eigenvalue weighted by Crippen LogP contribution is 1.88. The smallest absolute Gasteiger partial charge is 0.0107 e. The minimum absolute atomic E-state index is 0.756. The van der Waals surface area contributed by atoms with Crippen LogP contribution in [0.25, 0.3) is 0 Å². The lowest BCUT2D eigenvalue weighted by atomic mass is 10.4. The number of rotatable bonds is 14. The summed E-state index contributed by atoms with van der Waals surface area (Å²) in [6, 6.07) is 0. The third-order valence-corrected chi connectivity index (χ3v) is 3.28. The second-order valence-electron chi connectivity index (χ2n) is 5.03. The summed E-state index contributed by atoms with van der Waals surface area (Å²) >= 11 is 0. The van der Waals surface area contributed by atoms with E-state index in [0.717, 1.165) is 65.4 Å². The van der Waals surface area contributed by atoms with Crippen LogP contribution >= 0.6 is 0 Å². The third-order valence-electron chi connectivity index (χ3n) is 3.28. The van der Waals surface area contributed by atoms with Crippen LogP contribution < -0.4 is 16.4 Å². The van der Waals surface area contributed by atoms with Crippen LogP contribution in [-0.2, 0) is 0 Å². The van der Waals surface area contributed by atoms with Crippen LogP contribution in [0.5, 0.6) is 0 Å². The fraction of sp³-hybridized carbons (Fsp3) is 1.00. The molecule has 0 aromatic carbocycles. The summed E-state index contributed by atoms with van der Waals surface area (Å²) in [6.07, 6.45) is 1.20. The fourth-order valence-corrected chi connectivity index (χ4v) is 1.93. The molecule has 0 aromatic rings. The van der Waals surface area contributed by atoms with Crippen molar-refractivity contribution in [3.63, 3.8) is 0 Å². The van der Waals surface area contributed by atoms with Crippen molar-refractivity contribution in [2.24, 2.45) is 5.73 Å². The van der Waals surface area contributed by atoms with E-state index in [9.17, 15) is 0 Å². The van der Waals surface area contributed by atoms with E-state index in [4.69, 9.17) is 5.73 Å². The van der Waals surface area contributed by atoms with Crippen molar-refractivity contribution in [3.8, 4) is 0 Å². The average molecular weight is 273 g/mol. The maximum absolute atomic E-state index is 5.60. The zero-order chi connectivity index (χ0) is 14.3. The van der Waals surface area contributed by atoms with E-state index in [1.54, 1.807) is 0 Å². The molecule has 19 heavy (non-hydrogen) atoms. The molecule has 0 atom stereocenters. The summed E-state index contributed by atoms with van der Waals surface area (Å²) in [5.41, 5.74) is 5.60. The van der Waals surface area contributed by atoms with E-state index in [-0.39, 0.29) is 0 Å². The molecule has 116 valence electrons. The van der Waals surface area contributed by atoms with Crippen molar-refractivity contribution in [3.05, 3.63) is 0 Å². The van der Waals surface area contributed by atoms with E-state index >= 15 is 0 Å². The summed E-state index contributed by atoms with van der Waals surface area (Å²) < 4.78 is 0. The van der Waals surface area contributed by atoms with Gasteiger partial charge in [0, 0.05) is 52.4 Å². The van der Waals surface area contributed by atoms with Gasteiger partial charge in [-0.15, -0.1) is 0 Å². The number of nitrogens with zero attached hydrogens (tertiary/aromatic N) is 2. The van der Waals surface area contributed by atoms with E-state index in [1.807, 2.05) is 0 Å². The lowest BCUT2D eigenvalue weighted by molar-refractivity contribution is 0.281. The highest BCUT2D eigenvalue weighted by atomic mass is 15.1. The SMILES string of the molecule is CCCN(CCN)CCNCCNCCN(C)CC. The van der Waals surface area contributed by atoms with Crippen LogP contribution in [0, 0.1) is 0 Å². The van der Waals surface area contributed by atoms with Gasteiger partial charge in [-0.25, -0.2) is 0 Å². The Kier molecular flexibility index (Phi) is 14.1. The van der Waals surface area contributed by atoms with Gasteiger partial charge in [0.15, 0.2) is 0 Å². The first kappa shape index (κ1) is 18.8. The molecule has 0 aromatic heterocycles. The predicted molar refractivity (Wildman–Crippen MR) is 84.7 cm³/mol. The first-order valence-corrected chi connectivity index (χ1v) is 7.77. The largest absolute Gasteiger partial charge is 0.329 e. The molecular weight excluding hydrogens is 238 g/mol. The number of likely N-dealkylation sites (N-methyl/N-ethyl adjacent to an activating group) is 1. The van der Waals surface area contributed by atoms with Crippen LogP contribution in [0.4, 0.5) is 0 Å². The molecule has 0 aliphatic rings.